The lowest BCUT2D eigenvalue weighted by Crippen LogP contribution is -2.20. The zero-order valence-electron chi connectivity index (χ0n) is 9.53. The standard InChI is InChI=1S/C13H17NOS/c1-3-4-5-13(16)14-10-11-6-8-12(15-2)9-7-11/h3,6-9H,1,4-5,10H2,2H3,(H,14,16). The lowest BCUT2D eigenvalue weighted by molar-refractivity contribution is 0.414. The third-order valence-electron chi connectivity index (χ3n) is 2.22. The maximum atomic E-state index is 5.18. The number of hydrogen-bond donors (Lipinski definition) is 1. The molecule has 0 fully saturated rings. The normalized spacial score (nSPS) is 9.56. The molecule has 0 atom stereocenters. The highest BCUT2D eigenvalue weighted by molar-refractivity contribution is 7.80. The molecule has 0 heterocycles. The highest BCUT2D eigenvalue weighted by atomic mass is 32.1. The second kappa shape index (κ2) is 7.01. The molecule has 1 rings (SSSR count). The maximum absolute atomic E-state index is 5.18. The first kappa shape index (κ1) is 12.7. The lowest BCUT2D eigenvalue weighted by Gasteiger charge is -2.07. The van der Waals surface area contributed by atoms with E-state index in [0.717, 1.165) is 30.1 Å². The van der Waals surface area contributed by atoms with Crippen LogP contribution in [-0.4, -0.2) is 12.1 Å². The average Bonchev–Trinajstić information content (AvgIpc) is 2.34. The first-order valence-corrected chi connectivity index (χ1v) is 5.67. The number of hydrogen-bond acceptors (Lipinski definition) is 2. The predicted octanol–water partition coefficient (Wildman–Crippen LogP) is 3.08. The molecule has 3 heteroatoms. The van der Waals surface area contributed by atoms with Crippen LogP contribution in [0.4, 0.5) is 0 Å². The Balaban J connectivity index is 2.36. The highest BCUT2D eigenvalue weighted by Gasteiger charge is 1.97. The second-order valence-corrected chi connectivity index (χ2v) is 3.94. The molecule has 0 saturated carbocycles. The van der Waals surface area contributed by atoms with E-state index in [4.69, 9.17) is 17.0 Å². The van der Waals surface area contributed by atoms with Crippen LogP contribution < -0.4 is 10.1 Å². The van der Waals surface area contributed by atoms with Gasteiger partial charge in [0.15, 0.2) is 0 Å². The Hall–Kier alpha value is -1.35. The summed E-state index contributed by atoms with van der Waals surface area (Å²) in [6, 6.07) is 7.96. The van der Waals surface area contributed by atoms with Crippen molar-refractivity contribution in [2.75, 3.05) is 7.11 Å². The van der Waals surface area contributed by atoms with Crippen molar-refractivity contribution in [3.63, 3.8) is 0 Å². The van der Waals surface area contributed by atoms with Crippen molar-refractivity contribution in [2.24, 2.45) is 0 Å². The van der Waals surface area contributed by atoms with E-state index < -0.39 is 0 Å². The van der Waals surface area contributed by atoms with E-state index in [9.17, 15) is 0 Å². The quantitative estimate of drug-likeness (QED) is 0.605. The number of rotatable bonds is 6. The molecule has 1 aromatic carbocycles. The van der Waals surface area contributed by atoms with Gasteiger partial charge in [0.05, 0.1) is 12.1 Å². The SMILES string of the molecule is C=CCCC(=S)NCc1ccc(OC)cc1. The van der Waals surface area contributed by atoms with Crippen LogP contribution in [0.3, 0.4) is 0 Å². The summed E-state index contributed by atoms with van der Waals surface area (Å²) in [6.07, 6.45) is 3.67. The molecule has 86 valence electrons. The van der Waals surface area contributed by atoms with Gasteiger partial charge in [0, 0.05) is 13.0 Å². The number of ether oxygens (including phenoxy) is 1. The van der Waals surface area contributed by atoms with Gasteiger partial charge in [-0.2, -0.15) is 0 Å². The Labute approximate surface area is 102 Å². The van der Waals surface area contributed by atoms with E-state index in [0.29, 0.717) is 0 Å². The van der Waals surface area contributed by atoms with Gasteiger partial charge in [0.1, 0.15) is 5.75 Å². The first-order chi connectivity index (χ1) is 7.76. The molecule has 2 nitrogen and oxygen atoms in total. The molecule has 0 radical (unpaired) electrons. The number of benzene rings is 1. The summed E-state index contributed by atoms with van der Waals surface area (Å²) >= 11 is 5.18. The molecule has 0 bridgehead atoms. The minimum absolute atomic E-state index is 0.764. The second-order valence-electron chi connectivity index (χ2n) is 3.45. The van der Waals surface area contributed by atoms with Crippen LogP contribution in [0.25, 0.3) is 0 Å². The van der Waals surface area contributed by atoms with Crippen LogP contribution in [0.15, 0.2) is 36.9 Å². The summed E-state index contributed by atoms with van der Waals surface area (Å²) in [6.45, 7) is 4.43. The minimum Gasteiger partial charge on any atom is -0.497 e. The molecule has 0 aromatic heterocycles. The van der Waals surface area contributed by atoms with Crippen LogP contribution in [0.1, 0.15) is 18.4 Å². The molecular weight excluding hydrogens is 218 g/mol. The number of allylic oxidation sites excluding steroid dienone is 1. The molecule has 16 heavy (non-hydrogen) atoms. The van der Waals surface area contributed by atoms with Crippen molar-refractivity contribution in [1.29, 1.82) is 0 Å². The van der Waals surface area contributed by atoms with E-state index >= 15 is 0 Å². The van der Waals surface area contributed by atoms with Crippen LogP contribution >= 0.6 is 12.2 Å². The molecule has 0 spiro atoms. The van der Waals surface area contributed by atoms with Gasteiger partial charge in [-0.3, -0.25) is 0 Å². The number of methoxy groups -OCH3 is 1. The Morgan fingerprint density at radius 2 is 2.12 bits per heavy atom. The fourth-order valence-corrected chi connectivity index (χ4v) is 1.46. The van der Waals surface area contributed by atoms with Crippen molar-refractivity contribution in [3.05, 3.63) is 42.5 Å². The van der Waals surface area contributed by atoms with Crippen molar-refractivity contribution in [1.82, 2.24) is 5.32 Å². The fourth-order valence-electron chi connectivity index (χ4n) is 1.27. The van der Waals surface area contributed by atoms with Gasteiger partial charge in [-0.1, -0.05) is 30.4 Å². The fraction of sp³-hybridized carbons (Fsp3) is 0.308. The highest BCUT2D eigenvalue weighted by Crippen LogP contribution is 2.11. The van der Waals surface area contributed by atoms with Crippen LogP contribution in [0.2, 0.25) is 0 Å². The van der Waals surface area contributed by atoms with Gasteiger partial charge in [-0.25, -0.2) is 0 Å². The zero-order valence-corrected chi connectivity index (χ0v) is 10.3. The summed E-state index contributed by atoms with van der Waals surface area (Å²) in [5.74, 6) is 0.873. The molecule has 1 N–H and O–H groups in total. The van der Waals surface area contributed by atoms with E-state index in [2.05, 4.69) is 11.9 Å². The van der Waals surface area contributed by atoms with E-state index in [1.54, 1.807) is 7.11 Å². The van der Waals surface area contributed by atoms with Gasteiger partial charge in [0.2, 0.25) is 0 Å². The predicted molar refractivity (Wildman–Crippen MR) is 71.9 cm³/mol. The summed E-state index contributed by atoms with van der Waals surface area (Å²) < 4.78 is 5.09. The van der Waals surface area contributed by atoms with Gasteiger partial charge >= 0.3 is 0 Å². The first-order valence-electron chi connectivity index (χ1n) is 5.27. The topological polar surface area (TPSA) is 21.3 Å². The van der Waals surface area contributed by atoms with Gasteiger partial charge < -0.3 is 10.1 Å². The summed E-state index contributed by atoms with van der Waals surface area (Å²) in [7, 11) is 1.66. The van der Waals surface area contributed by atoms with Gasteiger partial charge in [-0.05, 0) is 24.1 Å². The Morgan fingerprint density at radius 1 is 1.44 bits per heavy atom. The third-order valence-corrected chi connectivity index (χ3v) is 2.57. The Morgan fingerprint density at radius 3 is 2.69 bits per heavy atom. The van der Waals surface area contributed by atoms with Crippen LogP contribution in [-0.2, 0) is 6.54 Å². The van der Waals surface area contributed by atoms with Crippen molar-refractivity contribution < 1.29 is 4.74 Å². The van der Waals surface area contributed by atoms with E-state index in [1.807, 2.05) is 30.3 Å². The van der Waals surface area contributed by atoms with Crippen molar-refractivity contribution >= 4 is 17.2 Å². The average molecular weight is 235 g/mol. The largest absolute Gasteiger partial charge is 0.497 e. The molecule has 0 aliphatic carbocycles. The van der Waals surface area contributed by atoms with Crippen molar-refractivity contribution in [2.45, 2.75) is 19.4 Å². The zero-order chi connectivity index (χ0) is 11.8. The Kier molecular flexibility index (Phi) is 5.57. The molecule has 0 saturated heterocycles. The summed E-state index contributed by atoms with van der Waals surface area (Å²) in [5, 5.41) is 3.21. The van der Waals surface area contributed by atoms with Crippen LogP contribution in [0, 0.1) is 0 Å². The van der Waals surface area contributed by atoms with Gasteiger partial charge in [0.25, 0.3) is 0 Å². The summed E-state index contributed by atoms with van der Waals surface area (Å²) in [4.78, 5) is 0.885. The molecule has 0 unspecified atom stereocenters. The number of thiocarbonyl (C=S) groups is 1. The van der Waals surface area contributed by atoms with E-state index in [-0.39, 0.29) is 0 Å². The molecule has 0 aliphatic heterocycles. The molecule has 1 aromatic rings. The van der Waals surface area contributed by atoms with Gasteiger partial charge in [-0.15, -0.1) is 6.58 Å². The molecule has 0 aliphatic rings. The van der Waals surface area contributed by atoms with Crippen LogP contribution in [0.5, 0.6) is 5.75 Å². The van der Waals surface area contributed by atoms with Crippen molar-refractivity contribution in [3.8, 4) is 5.75 Å². The van der Waals surface area contributed by atoms with E-state index in [1.165, 1.54) is 5.56 Å². The summed E-state index contributed by atoms with van der Waals surface area (Å²) in [5.41, 5.74) is 1.20. The molecule has 0 amide bonds. The number of nitrogens with one attached hydrogen (secondary N) is 1. The third kappa shape index (κ3) is 4.45. The lowest BCUT2D eigenvalue weighted by atomic mass is 10.2. The smallest absolute Gasteiger partial charge is 0.118 e. The minimum atomic E-state index is 0.764. The Bertz CT molecular complexity index is 345. The maximum Gasteiger partial charge on any atom is 0.118 e. The molecular formula is C13H17NOS. The monoisotopic (exact) mass is 235 g/mol.